The number of benzene rings is 1. The Hall–Kier alpha value is -3.56. The van der Waals surface area contributed by atoms with Gasteiger partial charge in [-0.15, -0.1) is 0 Å². The van der Waals surface area contributed by atoms with E-state index >= 15 is 0 Å². The maximum absolute atomic E-state index is 12.8. The van der Waals surface area contributed by atoms with Crippen molar-refractivity contribution in [3.63, 3.8) is 0 Å². The van der Waals surface area contributed by atoms with Crippen LogP contribution in [0.5, 0.6) is 11.5 Å². The molecule has 0 saturated carbocycles. The Morgan fingerprint density at radius 3 is 2.93 bits per heavy atom. The van der Waals surface area contributed by atoms with Crippen LogP contribution in [0.2, 0.25) is 0 Å². The van der Waals surface area contributed by atoms with Gasteiger partial charge >= 0.3 is 6.03 Å². The van der Waals surface area contributed by atoms with Crippen molar-refractivity contribution in [2.45, 2.75) is 20.0 Å². The maximum atomic E-state index is 12.8. The fraction of sp³-hybridized carbons (Fsp3) is 0.368. The minimum atomic E-state index is -0.967. The zero-order chi connectivity index (χ0) is 20.4. The Labute approximate surface area is 166 Å². The van der Waals surface area contributed by atoms with Crippen LogP contribution in [0.25, 0.3) is 0 Å². The summed E-state index contributed by atoms with van der Waals surface area (Å²) >= 11 is 0. The number of aryl methyl sites for hydroxylation is 1. The number of ether oxygens (including phenoxy) is 2. The number of hydrogen-bond donors (Lipinski definition) is 2. The molecule has 0 bridgehead atoms. The SMILES string of the molecule is Cc1nccn1CCNC(=O)C1CNC(=O)N(Cc2ccc3c(c2)OCO3)C1=O. The van der Waals surface area contributed by atoms with E-state index in [9.17, 15) is 14.4 Å². The zero-order valence-corrected chi connectivity index (χ0v) is 15.9. The lowest BCUT2D eigenvalue weighted by Crippen LogP contribution is -2.58. The molecule has 0 spiro atoms. The summed E-state index contributed by atoms with van der Waals surface area (Å²) in [5, 5.41) is 5.37. The van der Waals surface area contributed by atoms with Gasteiger partial charge in [-0.05, 0) is 24.6 Å². The van der Waals surface area contributed by atoms with Crippen molar-refractivity contribution < 1.29 is 23.9 Å². The average molecular weight is 399 g/mol. The van der Waals surface area contributed by atoms with Gasteiger partial charge in [0.1, 0.15) is 11.7 Å². The quantitative estimate of drug-likeness (QED) is 0.680. The Morgan fingerprint density at radius 2 is 2.14 bits per heavy atom. The van der Waals surface area contributed by atoms with E-state index in [0.29, 0.717) is 30.2 Å². The van der Waals surface area contributed by atoms with Gasteiger partial charge < -0.3 is 24.7 Å². The summed E-state index contributed by atoms with van der Waals surface area (Å²) in [6.07, 6.45) is 3.51. The number of aromatic nitrogens is 2. The van der Waals surface area contributed by atoms with Crippen LogP contribution in [-0.2, 0) is 22.7 Å². The summed E-state index contributed by atoms with van der Waals surface area (Å²) in [5.41, 5.74) is 0.703. The van der Waals surface area contributed by atoms with Crippen LogP contribution in [0.15, 0.2) is 30.6 Å². The number of imide groups is 1. The summed E-state index contributed by atoms with van der Waals surface area (Å²) in [6, 6.07) is 4.68. The highest BCUT2D eigenvalue weighted by atomic mass is 16.7. The predicted octanol–water partition coefficient (Wildman–Crippen LogP) is 0.405. The summed E-state index contributed by atoms with van der Waals surface area (Å²) in [6.45, 7) is 2.94. The Morgan fingerprint density at radius 1 is 1.31 bits per heavy atom. The molecule has 2 aliphatic rings. The highest BCUT2D eigenvalue weighted by Crippen LogP contribution is 2.33. The second-order valence-corrected chi connectivity index (χ2v) is 6.81. The van der Waals surface area contributed by atoms with Crippen molar-refractivity contribution in [3.05, 3.63) is 42.0 Å². The van der Waals surface area contributed by atoms with Gasteiger partial charge in [0.05, 0.1) is 6.54 Å². The smallest absolute Gasteiger partial charge is 0.324 e. The lowest BCUT2D eigenvalue weighted by molar-refractivity contribution is -0.141. The number of nitrogens with zero attached hydrogens (tertiary/aromatic N) is 3. The molecule has 1 aromatic carbocycles. The van der Waals surface area contributed by atoms with Crippen LogP contribution < -0.4 is 20.1 Å². The number of urea groups is 1. The molecule has 1 saturated heterocycles. The van der Waals surface area contributed by atoms with E-state index in [0.717, 1.165) is 10.7 Å². The largest absolute Gasteiger partial charge is 0.454 e. The molecular weight excluding hydrogens is 378 g/mol. The van der Waals surface area contributed by atoms with Crippen LogP contribution in [-0.4, -0.2) is 52.2 Å². The molecule has 1 fully saturated rings. The summed E-state index contributed by atoms with van der Waals surface area (Å²) in [4.78, 5) is 42.7. The predicted molar refractivity (Wildman–Crippen MR) is 100.0 cm³/mol. The zero-order valence-electron chi connectivity index (χ0n) is 15.9. The molecule has 1 aromatic heterocycles. The minimum absolute atomic E-state index is 0.0226. The topological polar surface area (TPSA) is 115 Å². The monoisotopic (exact) mass is 399 g/mol. The second kappa shape index (κ2) is 7.82. The van der Waals surface area contributed by atoms with E-state index in [1.165, 1.54) is 0 Å². The first-order valence-corrected chi connectivity index (χ1v) is 9.26. The number of hydrogen-bond acceptors (Lipinski definition) is 6. The molecule has 10 heteroatoms. The van der Waals surface area contributed by atoms with Gasteiger partial charge in [-0.25, -0.2) is 9.78 Å². The maximum Gasteiger partial charge on any atom is 0.324 e. The fourth-order valence-corrected chi connectivity index (χ4v) is 3.30. The van der Waals surface area contributed by atoms with Crippen LogP contribution in [0.3, 0.4) is 0 Å². The summed E-state index contributed by atoms with van der Waals surface area (Å²) in [5.74, 6) is 0.122. The highest BCUT2D eigenvalue weighted by molar-refractivity contribution is 6.08. The first-order chi connectivity index (χ1) is 14.0. The van der Waals surface area contributed by atoms with E-state index in [2.05, 4.69) is 15.6 Å². The lowest BCUT2D eigenvalue weighted by Gasteiger charge is -2.30. The minimum Gasteiger partial charge on any atom is -0.454 e. The summed E-state index contributed by atoms with van der Waals surface area (Å²) in [7, 11) is 0. The molecule has 0 radical (unpaired) electrons. The Balaban J connectivity index is 1.37. The van der Waals surface area contributed by atoms with Crippen molar-refractivity contribution in [1.29, 1.82) is 0 Å². The average Bonchev–Trinajstić information content (AvgIpc) is 3.33. The van der Waals surface area contributed by atoms with Gasteiger partial charge in [0.15, 0.2) is 11.5 Å². The Bertz CT molecular complexity index is 956. The molecule has 1 unspecified atom stereocenters. The molecule has 0 aliphatic carbocycles. The number of fused-ring (bicyclic) bond motifs is 1. The number of carbonyl (C=O) groups is 3. The van der Waals surface area contributed by atoms with Crippen LogP contribution in [0, 0.1) is 12.8 Å². The third-order valence-corrected chi connectivity index (χ3v) is 4.94. The third kappa shape index (κ3) is 3.86. The van der Waals surface area contributed by atoms with E-state index in [1.54, 1.807) is 24.4 Å². The highest BCUT2D eigenvalue weighted by Gasteiger charge is 2.38. The number of amides is 4. The number of rotatable bonds is 6. The molecule has 4 amide bonds. The first-order valence-electron chi connectivity index (χ1n) is 9.26. The van der Waals surface area contributed by atoms with Crippen LogP contribution >= 0.6 is 0 Å². The van der Waals surface area contributed by atoms with Gasteiger partial charge in [0.2, 0.25) is 18.6 Å². The van der Waals surface area contributed by atoms with Gasteiger partial charge in [-0.3, -0.25) is 14.5 Å². The molecule has 2 aromatic rings. The first kappa shape index (κ1) is 18.8. The van der Waals surface area contributed by atoms with E-state index in [1.807, 2.05) is 17.7 Å². The molecule has 4 rings (SSSR count). The molecule has 10 nitrogen and oxygen atoms in total. The van der Waals surface area contributed by atoms with Crippen molar-refractivity contribution in [2.75, 3.05) is 19.9 Å². The third-order valence-electron chi connectivity index (χ3n) is 4.94. The van der Waals surface area contributed by atoms with Gasteiger partial charge in [0, 0.05) is 32.0 Å². The Kier molecular flexibility index (Phi) is 5.07. The number of nitrogens with one attached hydrogen (secondary N) is 2. The molecule has 2 aliphatic heterocycles. The molecule has 2 N–H and O–H groups in total. The molecule has 152 valence electrons. The van der Waals surface area contributed by atoms with Crippen LogP contribution in [0.1, 0.15) is 11.4 Å². The fourth-order valence-electron chi connectivity index (χ4n) is 3.30. The van der Waals surface area contributed by atoms with E-state index in [-0.39, 0.29) is 19.9 Å². The van der Waals surface area contributed by atoms with Crippen LogP contribution in [0.4, 0.5) is 4.79 Å². The number of imidazole rings is 1. The molecule has 1 atom stereocenters. The van der Waals surface area contributed by atoms with Gasteiger partial charge in [0.25, 0.3) is 0 Å². The molecule has 29 heavy (non-hydrogen) atoms. The van der Waals surface area contributed by atoms with E-state index in [4.69, 9.17) is 9.47 Å². The van der Waals surface area contributed by atoms with E-state index < -0.39 is 23.8 Å². The lowest BCUT2D eigenvalue weighted by atomic mass is 10.0. The summed E-state index contributed by atoms with van der Waals surface area (Å²) < 4.78 is 12.5. The molecule has 3 heterocycles. The van der Waals surface area contributed by atoms with Crippen molar-refractivity contribution in [3.8, 4) is 11.5 Å². The second-order valence-electron chi connectivity index (χ2n) is 6.81. The number of carbonyl (C=O) groups excluding carboxylic acids is 3. The standard InChI is InChI=1S/C19H21N5O5/c1-12-20-4-6-23(12)7-5-21-17(25)14-9-22-19(27)24(18(14)26)10-13-2-3-15-16(8-13)29-11-28-15/h2-4,6,8,14H,5,7,9-11H2,1H3,(H,21,25)(H,22,27). The van der Waals surface area contributed by atoms with Crippen molar-refractivity contribution in [2.24, 2.45) is 5.92 Å². The van der Waals surface area contributed by atoms with Gasteiger partial charge in [-0.2, -0.15) is 0 Å². The normalized spacial score (nSPS) is 18.0. The van der Waals surface area contributed by atoms with Gasteiger partial charge in [-0.1, -0.05) is 6.07 Å². The van der Waals surface area contributed by atoms with Crippen molar-refractivity contribution in [1.82, 2.24) is 25.1 Å². The van der Waals surface area contributed by atoms with Crippen molar-refractivity contribution >= 4 is 17.8 Å². The molecular formula is C19H21N5O5.